The zero-order valence-corrected chi connectivity index (χ0v) is 11.1. The first kappa shape index (κ1) is 13.9. The summed E-state index contributed by atoms with van der Waals surface area (Å²) < 4.78 is 0. The molecule has 1 aromatic carbocycles. The molecule has 0 heterocycles. The first-order chi connectivity index (χ1) is 8.88. The van der Waals surface area contributed by atoms with Gasteiger partial charge in [0.15, 0.2) is 23.3 Å². The van der Waals surface area contributed by atoms with Gasteiger partial charge in [-0.25, -0.2) is 0 Å². The molecule has 4 nitrogen and oxygen atoms in total. The largest absolute Gasteiger partial charge is 0.381 e. The van der Waals surface area contributed by atoms with Crippen LogP contribution in [0.5, 0.6) is 0 Å². The van der Waals surface area contributed by atoms with Gasteiger partial charge in [0.25, 0.3) is 0 Å². The van der Waals surface area contributed by atoms with Crippen molar-refractivity contribution in [1.82, 2.24) is 0 Å². The van der Waals surface area contributed by atoms with Crippen LogP contribution in [-0.4, -0.2) is 33.5 Å². The molecular weight excluding hydrogens is 244 g/mol. The van der Waals surface area contributed by atoms with Gasteiger partial charge in [-0.15, -0.1) is 0 Å². The number of hydrogen-bond acceptors (Lipinski definition) is 4. The minimum Gasteiger partial charge on any atom is -0.381 e. The Bertz CT molecular complexity index is 521. The predicted octanol–water partition coefficient (Wildman–Crippen LogP) is 1.59. The summed E-state index contributed by atoms with van der Waals surface area (Å²) in [5.41, 5.74) is -1.60. The van der Waals surface area contributed by atoms with Crippen LogP contribution in [-0.2, 0) is 0 Å². The van der Waals surface area contributed by atoms with Crippen LogP contribution in [0.2, 0.25) is 0 Å². The molecule has 1 aliphatic carbocycles. The first-order valence-electron chi connectivity index (χ1n) is 6.46. The fraction of sp³-hybridized carbons (Fsp3) is 0.467. The molecule has 0 amide bonds. The van der Waals surface area contributed by atoms with Gasteiger partial charge in [-0.2, -0.15) is 0 Å². The highest BCUT2D eigenvalue weighted by atomic mass is 16.4. The molecule has 2 N–H and O–H groups in total. The molecule has 2 unspecified atom stereocenters. The van der Waals surface area contributed by atoms with Gasteiger partial charge in [0.2, 0.25) is 0 Å². The van der Waals surface area contributed by atoms with Crippen molar-refractivity contribution >= 4 is 11.6 Å². The summed E-state index contributed by atoms with van der Waals surface area (Å²) in [5, 5.41) is 20.5. The van der Waals surface area contributed by atoms with Crippen molar-refractivity contribution < 1.29 is 19.8 Å². The Labute approximate surface area is 112 Å². The number of rotatable bonds is 3. The molecule has 0 saturated heterocycles. The lowest BCUT2D eigenvalue weighted by molar-refractivity contribution is -0.0471. The number of Topliss-reactive ketones (excluding diaryl/α,β-unsaturated/α-hetero) is 2. The predicted molar refractivity (Wildman–Crippen MR) is 70.1 cm³/mol. The van der Waals surface area contributed by atoms with Gasteiger partial charge in [-0.3, -0.25) is 9.59 Å². The van der Waals surface area contributed by atoms with Gasteiger partial charge < -0.3 is 10.2 Å². The van der Waals surface area contributed by atoms with E-state index < -0.39 is 23.3 Å². The quantitative estimate of drug-likeness (QED) is 0.867. The third kappa shape index (κ3) is 2.22. The lowest BCUT2D eigenvalue weighted by atomic mass is 9.73. The zero-order chi connectivity index (χ0) is 14.2. The van der Waals surface area contributed by atoms with E-state index in [0.717, 1.165) is 0 Å². The summed E-state index contributed by atoms with van der Waals surface area (Å²) in [7, 11) is 0. The molecule has 1 aliphatic rings. The van der Waals surface area contributed by atoms with Crippen molar-refractivity contribution in [1.29, 1.82) is 0 Å². The summed E-state index contributed by atoms with van der Waals surface area (Å²) in [6.07, 6.45) is -1.02. The molecule has 1 aromatic rings. The van der Waals surface area contributed by atoms with E-state index in [1.165, 1.54) is 12.1 Å². The zero-order valence-electron chi connectivity index (χ0n) is 11.1. The van der Waals surface area contributed by atoms with Crippen molar-refractivity contribution in [2.45, 2.75) is 38.4 Å². The molecule has 4 heteroatoms. The molecule has 0 saturated carbocycles. The van der Waals surface area contributed by atoms with Crippen LogP contribution in [0.15, 0.2) is 24.3 Å². The van der Waals surface area contributed by atoms with Crippen molar-refractivity contribution in [3.05, 3.63) is 35.4 Å². The van der Waals surface area contributed by atoms with Gasteiger partial charge in [-0.1, -0.05) is 38.1 Å². The molecule has 0 spiro atoms. The van der Waals surface area contributed by atoms with Gasteiger partial charge in [0.1, 0.15) is 0 Å². The maximum absolute atomic E-state index is 12.3. The van der Waals surface area contributed by atoms with Gasteiger partial charge >= 0.3 is 0 Å². The second kappa shape index (κ2) is 4.87. The van der Waals surface area contributed by atoms with Crippen molar-refractivity contribution in [2.75, 3.05) is 0 Å². The Morgan fingerprint density at radius 1 is 1.21 bits per heavy atom. The fourth-order valence-electron chi connectivity index (χ4n) is 2.38. The molecule has 0 fully saturated rings. The number of hydrogen-bond donors (Lipinski definition) is 2. The number of aliphatic hydroxyl groups excluding tert-OH is 1. The molecule has 102 valence electrons. The number of ketones is 2. The van der Waals surface area contributed by atoms with Crippen LogP contribution in [0.4, 0.5) is 0 Å². The molecule has 0 radical (unpaired) electrons. The second-order valence-corrected chi connectivity index (χ2v) is 5.50. The highest BCUT2D eigenvalue weighted by Crippen LogP contribution is 2.33. The van der Waals surface area contributed by atoms with Crippen LogP contribution in [0.25, 0.3) is 0 Å². The third-order valence-corrected chi connectivity index (χ3v) is 3.63. The Kier molecular flexibility index (Phi) is 3.56. The highest BCUT2D eigenvalue weighted by molar-refractivity contribution is 6.19. The first-order valence-corrected chi connectivity index (χ1v) is 6.46. The second-order valence-electron chi connectivity index (χ2n) is 5.50. The van der Waals surface area contributed by atoms with E-state index in [4.69, 9.17) is 0 Å². The van der Waals surface area contributed by atoms with E-state index >= 15 is 0 Å². The summed E-state index contributed by atoms with van der Waals surface area (Å²) in [6.45, 7) is 3.91. The lowest BCUT2D eigenvalue weighted by Crippen LogP contribution is -2.56. The number of benzene rings is 1. The topological polar surface area (TPSA) is 74.6 Å². The monoisotopic (exact) mass is 262 g/mol. The molecule has 0 bridgehead atoms. The van der Waals surface area contributed by atoms with Crippen molar-refractivity contribution in [2.24, 2.45) is 5.92 Å². The normalized spacial score (nSPS) is 26.7. The maximum Gasteiger partial charge on any atom is 0.198 e. The average molecular weight is 262 g/mol. The summed E-state index contributed by atoms with van der Waals surface area (Å²) in [5.74, 6) is -0.867. The standard InChI is InChI=1S/C15H18O4/c1-9(2)7-8-15(19)13(17)11-6-4-3-5-10(11)12(16)14(15)18/h3-6,9,14,18-19H,7-8H2,1-2H3. The third-order valence-electron chi connectivity index (χ3n) is 3.63. The summed E-state index contributed by atoms with van der Waals surface area (Å²) in [6, 6.07) is 6.29. The average Bonchev–Trinajstić information content (AvgIpc) is 2.41. The minimum atomic E-state index is -1.99. The van der Waals surface area contributed by atoms with E-state index in [1.54, 1.807) is 12.1 Å². The smallest absolute Gasteiger partial charge is 0.198 e. The van der Waals surface area contributed by atoms with E-state index in [9.17, 15) is 19.8 Å². The van der Waals surface area contributed by atoms with Gasteiger partial charge in [0, 0.05) is 11.1 Å². The number of carbonyl (C=O) groups is 2. The van der Waals surface area contributed by atoms with Crippen molar-refractivity contribution in [3.8, 4) is 0 Å². The van der Waals surface area contributed by atoms with Crippen LogP contribution in [0.3, 0.4) is 0 Å². The van der Waals surface area contributed by atoms with Crippen LogP contribution in [0, 0.1) is 5.92 Å². The molecular formula is C15H18O4. The Hall–Kier alpha value is -1.52. The minimum absolute atomic E-state index is 0.0880. The summed E-state index contributed by atoms with van der Waals surface area (Å²) in [4.78, 5) is 24.4. The highest BCUT2D eigenvalue weighted by Gasteiger charge is 2.51. The van der Waals surface area contributed by atoms with Crippen LogP contribution in [0.1, 0.15) is 47.4 Å². The molecule has 19 heavy (non-hydrogen) atoms. The Balaban J connectivity index is 2.43. The number of fused-ring (bicyclic) bond motifs is 1. The SMILES string of the molecule is CC(C)CCC1(O)C(=O)c2ccccc2C(=O)C1O. The number of carbonyl (C=O) groups excluding carboxylic acids is 2. The maximum atomic E-state index is 12.3. The fourth-order valence-corrected chi connectivity index (χ4v) is 2.38. The molecule has 0 aromatic heterocycles. The van der Waals surface area contributed by atoms with Gasteiger partial charge in [-0.05, 0) is 18.8 Å². The van der Waals surface area contributed by atoms with E-state index in [1.807, 2.05) is 13.8 Å². The van der Waals surface area contributed by atoms with Crippen LogP contribution >= 0.6 is 0 Å². The van der Waals surface area contributed by atoms with Crippen LogP contribution < -0.4 is 0 Å². The Morgan fingerprint density at radius 3 is 2.37 bits per heavy atom. The molecule has 2 atom stereocenters. The summed E-state index contributed by atoms with van der Waals surface area (Å²) >= 11 is 0. The molecule has 0 aliphatic heterocycles. The number of aliphatic hydroxyl groups is 2. The molecule has 2 rings (SSSR count). The van der Waals surface area contributed by atoms with Crippen molar-refractivity contribution in [3.63, 3.8) is 0 Å². The lowest BCUT2D eigenvalue weighted by Gasteiger charge is -2.35. The Morgan fingerprint density at radius 2 is 1.79 bits per heavy atom. The van der Waals surface area contributed by atoms with Gasteiger partial charge in [0.05, 0.1) is 0 Å². The van der Waals surface area contributed by atoms with E-state index in [0.29, 0.717) is 6.42 Å². The van der Waals surface area contributed by atoms with E-state index in [2.05, 4.69) is 0 Å². The van der Waals surface area contributed by atoms with E-state index in [-0.39, 0.29) is 23.5 Å².